The summed E-state index contributed by atoms with van der Waals surface area (Å²) >= 11 is 0. The van der Waals surface area contributed by atoms with Gasteiger partial charge < -0.3 is 19.5 Å². The van der Waals surface area contributed by atoms with Gasteiger partial charge in [0.2, 0.25) is 5.91 Å². The van der Waals surface area contributed by atoms with Crippen molar-refractivity contribution in [2.45, 2.75) is 51.5 Å². The molecule has 1 aromatic heterocycles. The number of piperidine rings is 1. The first-order valence-corrected chi connectivity index (χ1v) is 10.8. The van der Waals surface area contributed by atoms with Crippen molar-refractivity contribution in [1.82, 2.24) is 25.0 Å². The van der Waals surface area contributed by atoms with Gasteiger partial charge in [-0.3, -0.25) is 4.79 Å². The molecule has 0 spiro atoms. The fourth-order valence-electron chi connectivity index (χ4n) is 4.25. The van der Waals surface area contributed by atoms with Crippen molar-refractivity contribution in [2.75, 3.05) is 32.8 Å². The van der Waals surface area contributed by atoms with E-state index in [1.54, 1.807) is 0 Å². The molecule has 156 valence electrons. The highest BCUT2D eigenvalue weighted by Gasteiger charge is 2.26. The number of hydrogen-bond donors (Lipinski definition) is 1. The molecule has 1 fully saturated rings. The number of aromatic nitrogens is 3. The van der Waals surface area contributed by atoms with Crippen LogP contribution in [0.3, 0.4) is 0 Å². The number of nitrogens with one attached hydrogen (secondary N) is 1. The van der Waals surface area contributed by atoms with Gasteiger partial charge >= 0.3 is 0 Å². The fourth-order valence-corrected chi connectivity index (χ4v) is 4.25. The van der Waals surface area contributed by atoms with Crippen LogP contribution in [0.1, 0.15) is 48.8 Å². The van der Waals surface area contributed by atoms with Crippen molar-refractivity contribution >= 4 is 5.91 Å². The first kappa shape index (κ1) is 19.9. The molecule has 3 heterocycles. The Hall–Kier alpha value is -2.41. The third-order valence-corrected chi connectivity index (χ3v) is 5.96. The van der Waals surface area contributed by atoms with Crippen LogP contribution in [0.5, 0.6) is 5.75 Å². The first-order chi connectivity index (χ1) is 14.2. The van der Waals surface area contributed by atoms with Crippen LogP contribution in [0.25, 0.3) is 0 Å². The molecule has 29 heavy (non-hydrogen) atoms. The molecule has 0 aliphatic carbocycles. The summed E-state index contributed by atoms with van der Waals surface area (Å²) < 4.78 is 8.08. The number of hydrogen-bond acceptors (Lipinski definition) is 5. The van der Waals surface area contributed by atoms with Gasteiger partial charge in [-0.05, 0) is 44.4 Å². The minimum Gasteiger partial charge on any atom is -0.493 e. The number of nitrogens with zero attached hydrogens (tertiary/aromatic N) is 4. The van der Waals surface area contributed by atoms with E-state index in [0.717, 1.165) is 74.9 Å². The lowest BCUT2D eigenvalue weighted by atomic mass is 9.99. The van der Waals surface area contributed by atoms with Crippen molar-refractivity contribution in [3.63, 3.8) is 0 Å². The lowest BCUT2D eigenvalue weighted by molar-refractivity contribution is -0.131. The summed E-state index contributed by atoms with van der Waals surface area (Å²) in [7, 11) is 0. The average Bonchev–Trinajstić information content (AvgIpc) is 3.04. The van der Waals surface area contributed by atoms with E-state index in [9.17, 15) is 4.79 Å². The Morgan fingerprint density at radius 3 is 2.97 bits per heavy atom. The molecule has 1 aromatic carbocycles. The van der Waals surface area contributed by atoms with Crippen LogP contribution in [-0.2, 0) is 17.8 Å². The maximum Gasteiger partial charge on any atom is 0.222 e. The van der Waals surface area contributed by atoms with Gasteiger partial charge in [0.05, 0.1) is 6.61 Å². The van der Waals surface area contributed by atoms with E-state index < -0.39 is 0 Å². The molecule has 2 aromatic rings. The monoisotopic (exact) mass is 397 g/mol. The topological polar surface area (TPSA) is 72.3 Å². The minimum absolute atomic E-state index is 0.206. The van der Waals surface area contributed by atoms with Gasteiger partial charge in [0.1, 0.15) is 17.4 Å². The van der Waals surface area contributed by atoms with E-state index in [1.807, 2.05) is 36.1 Å². The molecule has 7 nitrogen and oxygen atoms in total. The lowest BCUT2D eigenvalue weighted by Crippen LogP contribution is -2.34. The van der Waals surface area contributed by atoms with E-state index in [-0.39, 0.29) is 5.91 Å². The number of rotatable bonds is 6. The summed E-state index contributed by atoms with van der Waals surface area (Å²) in [5.74, 6) is 3.65. The van der Waals surface area contributed by atoms with Gasteiger partial charge in [-0.25, -0.2) is 0 Å². The second kappa shape index (κ2) is 9.39. The van der Waals surface area contributed by atoms with Crippen LogP contribution in [0.2, 0.25) is 0 Å². The van der Waals surface area contributed by atoms with Gasteiger partial charge in [0, 0.05) is 44.9 Å². The molecule has 2 aliphatic rings. The molecule has 0 unspecified atom stereocenters. The molecule has 0 radical (unpaired) electrons. The Bertz CT molecular complexity index is 828. The zero-order valence-electron chi connectivity index (χ0n) is 17.3. The molecule has 0 saturated carbocycles. The fraction of sp³-hybridized carbons (Fsp3) is 0.591. The SMILES string of the molecule is Cc1ccccc1OCCCC(=O)N1CCc2nnc([C@@H]3CCCNC3)n2CC1. The molecule has 1 saturated heterocycles. The van der Waals surface area contributed by atoms with Crippen molar-refractivity contribution < 1.29 is 9.53 Å². The number of amides is 1. The summed E-state index contributed by atoms with van der Waals surface area (Å²) in [4.78, 5) is 14.7. The van der Waals surface area contributed by atoms with Crippen molar-refractivity contribution in [1.29, 1.82) is 0 Å². The largest absolute Gasteiger partial charge is 0.493 e. The number of benzene rings is 1. The summed E-state index contributed by atoms with van der Waals surface area (Å²) in [5.41, 5.74) is 1.12. The molecule has 4 rings (SSSR count). The maximum absolute atomic E-state index is 12.7. The molecule has 2 aliphatic heterocycles. The molecule has 0 bridgehead atoms. The van der Waals surface area contributed by atoms with E-state index in [1.165, 1.54) is 6.42 Å². The molecule has 7 heteroatoms. The lowest BCUT2D eigenvalue weighted by Gasteiger charge is -2.23. The Kier molecular flexibility index (Phi) is 6.44. The van der Waals surface area contributed by atoms with Crippen LogP contribution in [-0.4, -0.2) is 58.4 Å². The highest BCUT2D eigenvalue weighted by Crippen LogP contribution is 2.23. The molecule has 1 N–H and O–H groups in total. The zero-order chi connectivity index (χ0) is 20.1. The van der Waals surface area contributed by atoms with Crippen molar-refractivity contribution in [3.05, 3.63) is 41.5 Å². The van der Waals surface area contributed by atoms with Gasteiger partial charge in [0.25, 0.3) is 0 Å². The Morgan fingerprint density at radius 2 is 2.14 bits per heavy atom. The standard InChI is InChI=1S/C22H31N5O2/c1-17-6-2-3-8-19(17)29-15-5-9-21(28)26-12-10-20-24-25-22(27(20)14-13-26)18-7-4-11-23-16-18/h2-3,6,8,18,23H,4-5,7,9-16H2,1H3/t18-/m1/s1. The number of carbonyl (C=O) groups is 1. The normalized spacial score (nSPS) is 19.5. The third kappa shape index (κ3) is 4.78. The number of aryl methyl sites for hydroxylation is 1. The van der Waals surface area contributed by atoms with E-state index >= 15 is 0 Å². The molecular weight excluding hydrogens is 366 g/mol. The Morgan fingerprint density at radius 1 is 1.24 bits per heavy atom. The van der Waals surface area contributed by atoms with Crippen LogP contribution in [0.15, 0.2) is 24.3 Å². The summed E-state index contributed by atoms with van der Waals surface area (Å²) in [6.45, 7) is 6.91. The van der Waals surface area contributed by atoms with E-state index in [2.05, 4.69) is 20.1 Å². The smallest absolute Gasteiger partial charge is 0.222 e. The molecule has 1 atom stereocenters. The van der Waals surface area contributed by atoms with Gasteiger partial charge in [-0.15, -0.1) is 10.2 Å². The van der Waals surface area contributed by atoms with Crippen LogP contribution >= 0.6 is 0 Å². The van der Waals surface area contributed by atoms with Crippen molar-refractivity contribution in [2.24, 2.45) is 0 Å². The second-order valence-corrected chi connectivity index (χ2v) is 8.02. The quantitative estimate of drug-likeness (QED) is 0.758. The summed E-state index contributed by atoms with van der Waals surface area (Å²) in [6.07, 6.45) is 4.37. The second-order valence-electron chi connectivity index (χ2n) is 8.02. The average molecular weight is 398 g/mol. The number of carbonyl (C=O) groups excluding carboxylic acids is 1. The number of para-hydroxylation sites is 1. The summed E-state index contributed by atoms with van der Waals surface area (Å²) in [6, 6.07) is 7.98. The molecular formula is C22H31N5O2. The number of fused-ring (bicyclic) bond motifs is 1. The highest BCUT2D eigenvalue weighted by molar-refractivity contribution is 5.76. The van der Waals surface area contributed by atoms with Crippen molar-refractivity contribution in [3.8, 4) is 5.75 Å². The van der Waals surface area contributed by atoms with Gasteiger partial charge in [0.15, 0.2) is 0 Å². The maximum atomic E-state index is 12.7. The molecule has 1 amide bonds. The van der Waals surface area contributed by atoms with Crippen LogP contribution in [0.4, 0.5) is 0 Å². The highest BCUT2D eigenvalue weighted by atomic mass is 16.5. The van der Waals surface area contributed by atoms with E-state index in [4.69, 9.17) is 4.74 Å². The predicted octanol–water partition coefficient (Wildman–Crippen LogP) is 2.30. The van der Waals surface area contributed by atoms with Gasteiger partial charge in [-0.1, -0.05) is 18.2 Å². The van der Waals surface area contributed by atoms with E-state index in [0.29, 0.717) is 18.9 Å². The van der Waals surface area contributed by atoms with Gasteiger partial charge in [-0.2, -0.15) is 0 Å². The zero-order valence-corrected chi connectivity index (χ0v) is 17.3. The minimum atomic E-state index is 0.206. The predicted molar refractivity (Wildman–Crippen MR) is 111 cm³/mol. The van der Waals surface area contributed by atoms with Crippen LogP contribution < -0.4 is 10.1 Å². The van der Waals surface area contributed by atoms with Crippen LogP contribution in [0, 0.1) is 6.92 Å². The number of ether oxygens (including phenoxy) is 1. The Labute approximate surface area is 172 Å². The first-order valence-electron chi connectivity index (χ1n) is 10.8. The summed E-state index contributed by atoms with van der Waals surface area (Å²) in [5, 5.41) is 12.4. The Balaban J connectivity index is 1.26. The third-order valence-electron chi connectivity index (χ3n) is 5.96.